The van der Waals surface area contributed by atoms with Crippen LogP contribution in [0.15, 0.2) is 17.0 Å². The minimum atomic E-state index is 0.162. The summed E-state index contributed by atoms with van der Waals surface area (Å²) in [5.41, 5.74) is 2.37. The van der Waals surface area contributed by atoms with E-state index in [1.54, 1.807) is 11.0 Å². The second-order valence-electron chi connectivity index (χ2n) is 2.08. The molecule has 4 nitrogen and oxygen atoms in total. The van der Waals surface area contributed by atoms with Crippen molar-refractivity contribution in [1.82, 2.24) is 15.7 Å². The number of hydrazone groups is 1. The zero-order valence-corrected chi connectivity index (χ0v) is 5.87. The van der Waals surface area contributed by atoms with Crippen LogP contribution in [-0.4, -0.2) is 30.5 Å². The van der Waals surface area contributed by atoms with E-state index in [1.807, 2.05) is 14.1 Å². The van der Waals surface area contributed by atoms with Crippen LogP contribution < -0.4 is 5.43 Å². The average molecular weight is 144 g/mol. The molecule has 1 N–H and O–H groups in total. The maximum Gasteiger partial charge on any atom is 0.125 e. The number of halogens is 1. The zero-order valence-electron chi connectivity index (χ0n) is 5.87. The van der Waals surface area contributed by atoms with Gasteiger partial charge in [-0.1, -0.05) is 4.48 Å². The summed E-state index contributed by atoms with van der Waals surface area (Å²) in [7, 11) is 3.62. The molecule has 0 amide bonds. The minimum Gasteiger partial charge on any atom is -0.363 e. The van der Waals surface area contributed by atoms with Gasteiger partial charge in [-0.3, -0.25) is 0 Å². The fourth-order valence-electron chi connectivity index (χ4n) is 0.572. The first-order valence-electron chi connectivity index (χ1n) is 2.84. The normalized spacial score (nSPS) is 16.3. The molecule has 0 aliphatic carbocycles. The molecule has 0 aromatic heterocycles. The number of rotatable bonds is 1. The predicted molar refractivity (Wildman–Crippen MR) is 36.3 cm³/mol. The van der Waals surface area contributed by atoms with Gasteiger partial charge in [-0.25, -0.2) is 5.43 Å². The van der Waals surface area contributed by atoms with Crippen LogP contribution in [0.5, 0.6) is 0 Å². The molecule has 0 saturated heterocycles. The van der Waals surface area contributed by atoms with E-state index < -0.39 is 0 Å². The summed E-state index contributed by atoms with van der Waals surface area (Å²) in [6.45, 7) is 0. The molecule has 5 heteroatoms. The predicted octanol–water partition coefficient (Wildman–Crippen LogP) is 0.0799. The van der Waals surface area contributed by atoms with Gasteiger partial charge in [0.2, 0.25) is 0 Å². The van der Waals surface area contributed by atoms with Crippen LogP contribution in [0.2, 0.25) is 0 Å². The van der Waals surface area contributed by atoms with Crippen LogP contribution >= 0.6 is 0 Å². The fourth-order valence-corrected chi connectivity index (χ4v) is 0.572. The molecule has 0 atom stereocenters. The Labute approximate surface area is 58.5 Å². The molecule has 1 rings (SSSR count). The topological polar surface area (TPSA) is 30.9 Å². The molecule has 1 aliphatic rings. The van der Waals surface area contributed by atoms with Crippen molar-refractivity contribution in [2.75, 3.05) is 14.1 Å². The Kier molecular flexibility index (Phi) is 1.75. The molecule has 0 aromatic carbocycles. The smallest absolute Gasteiger partial charge is 0.125 e. The van der Waals surface area contributed by atoms with E-state index in [0.717, 1.165) is 0 Å². The lowest BCUT2D eigenvalue weighted by atomic mass is 10.5. The van der Waals surface area contributed by atoms with Gasteiger partial charge in [-0.15, -0.1) is 5.10 Å². The number of nitrogens with one attached hydrogen (secondary N) is 1. The molecule has 0 bridgehead atoms. The lowest BCUT2D eigenvalue weighted by Gasteiger charge is -2.21. The quantitative estimate of drug-likeness (QED) is 0.529. The molecule has 0 unspecified atom stereocenters. The van der Waals surface area contributed by atoms with Gasteiger partial charge in [0.25, 0.3) is 0 Å². The second kappa shape index (κ2) is 2.55. The van der Waals surface area contributed by atoms with Crippen molar-refractivity contribution in [2.45, 2.75) is 0 Å². The van der Waals surface area contributed by atoms with E-state index in [2.05, 4.69) is 10.5 Å². The average Bonchev–Trinajstić information content (AvgIpc) is 1.88. The SMILES string of the molecule is CN(C)C1=CC=NN(F)N1. The number of allylic oxidation sites excluding steroid dienone is 1. The molecular formula is C5H9FN4. The van der Waals surface area contributed by atoms with E-state index in [4.69, 9.17) is 0 Å². The maximum absolute atomic E-state index is 12.3. The maximum atomic E-state index is 12.3. The highest BCUT2D eigenvalue weighted by atomic mass is 19.2. The van der Waals surface area contributed by atoms with E-state index in [0.29, 0.717) is 5.82 Å². The number of hydrogen-bond donors (Lipinski definition) is 1. The van der Waals surface area contributed by atoms with E-state index in [1.165, 1.54) is 6.21 Å². The largest absolute Gasteiger partial charge is 0.363 e. The van der Waals surface area contributed by atoms with Crippen molar-refractivity contribution in [1.29, 1.82) is 0 Å². The molecule has 0 aromatic rings. The van der Waals surface area contributed by atoms with Crippen molar-refractivity contribution in [3.63, 3.8) is 0 Å². The molecule has 0 fully saturated rings. The number of nitrogens with zero attached hydrogens (tertiary/aromatic N) is 3. The molecular weight excluding hydrogens is 135 g/mol. The molecule has 56 valence electrons. The minimum absolute atomic E-state index is 0.162. The zero-order chi connectivity index (χ0) is 7.56. The first-order chi connectivity index (χ1) is 4.70. The highest BCUT2D eigenvalue weighted by molar-refractivity contribution is 5.72. The lowest BCUT2D eigenvalue weighted by Crippen LogP contribution is -2.35. The molecule has 10 heavy (non-hydrogen) atoms. The molecule has 0 saturated carbocycles. The third kappa shape index (κ3) is 1.37. The van der Waals surface area contributed by atoms with Crippen LogP contribution in [0, 0.1) is 0 Å². The van der Waals surface area contributed by atoms with Gasteiger partial charge in [0.1, 0.15) is 5.82 Å². The van der Waals surface area contributed by atoms with Crippen molar-refractivity contribution >= 4 is 6.21 Å². The van der Waals surface area contributed by atoms with Crippen LogP contribution in [0.3, 0.4) is 0 Å². The second-order valence-corrected chi connectivity index (χ2v) is 2.08. The molecule has 0 radical (unpaired) electrons. The third-order valence-electron chi connectivity index (χ3n) is 1.09. The molecule has 1 heterocycles. The first-order valence-corrected chi connectivity index (χ1v) is 2.84. The number of hydrogen-bond acceptors (Lipinski definition) is 4. The van der Waals surface area contributed by atoms with Gasteiger partial charge < -0.3 is 4.90 Å². The summed E-state index contributed by atoms with van der Waals surface area (Å²) < 4.78 is 12.3. The molecule has 0 spiro atoms. The highest BCUT2D eigenvalue weighted by Gasteiger charge is 2.05. The monoisotopic (exact) mass is 144 g/mol. The summed E-state index contributed by atoms with van der Waals surface area (Å²) in [6, 6.07) is 0. The van der Waals surface area contributed by atoms with Crippen LogP contribution in [0.25, 0.3) is 0 Å². The van der Waals surface area contributed by atoms with Gasteiger partial charge in [0.05, 0.1) is 6.21 Å². The Morgan fingerprint density at radius 1 is 1.70 bits per heavy atom. The lowest BCUT2D eigenvalue weighted by molar-refractivity contribution is -0.0264. The third-order valence-corrected chi connectivity index (χ3v) is 1.09. The van der Waals surface area contributed by atoms with Gasteiger partial charge >= 0.3 is 0 Å². The fraction of sp³-hybridized carbons (Fsp3) is 0.400. The molecule has 1 aliphatic heterocycles. The van der Waals surface area contributed by atoms with Gasteiger partial charge in [0.15, 0.2) is 0 Å². The Morgan fingerprint density at radius 3 is 2.80 bits per heavy atom. The summed E-state index contributed by atoms with van der Waals surface area (Å²) in [6.07, 6.45) is 3.06. The van der Waals surface area contributed by atoms with E-state index >= 15 is 0 Å². The Bertz CT molecular complexity index is 174. The van der Waals surface area contributed by atoms with E-state index in [9.17, 15) is 4.48 Å². The van der Waals surface area contributed by atoms with Crippen LogP contribution in [0.4, 0.5) is 4.48 Å². The van der Waals surface area contributed by atoms with Crippen LogP contribution in [0.1, 0.15) is 0 Å². The number of hydrazine groups is 1. The first kappa shape index (κ1) is 6.85. The Morgan fingerprint density at radius 2 is 2.40 bits per heavy atom. The van der Waals surface area contributed by atoms with Crippen molar-refractivity contribution in [3.05, 3.63) is 11.9 Å². The summed E-state index contributed by atoms with van der Waals surface area (Å²) >= 11 is 0. The van der Waals surface area contributed by atoms with Crippen molar-refractivity contribution in [2.24, 2.45) is 5.10 Å². The standard InChI is InChI=1S/C5H9FN4/c1-9(2)5-3-4-7-10(6)8-5/h3-4,8H,1-2H3. The summed E-state index contributed by atoms with van der Waals surface area (Å²) in [4.78, 5) is 1.75. The van der Waals surface area contributed by atoms with Crippen LogP contribution in [-0.2, 0) is 0 Å². The Balaban J connectivity index is 2.61. The van der Waals surface area contributed by atoms with E-state index in [-0.39, 0.29) is 5.34 Å². The summed E-state index contributed by atoms with van der Waals surface area (Å²) in [5, 5.41) is 3.45. The summed E-state index contributed by atoms with van der Waals surface area (Å²) in [5.74, 6) is 0.664. The van der Waals surface area contributed by atoms with Gasteiger partial charge in [-0.2, -0.15) is 0 Å². The Hall–Kier alpha value is -1.26. The van der Waals surface area contributed by atoms with Gasteiger partial charge in [0, 0.05) is 20.2 Å². The van der Waals surface area contributed by atoms with Gasteiger partial charge in [-0.05, 0) is 5.34 Å². The highest BCUT2D eigenvalue weighted by Crippen LogP contribution is 1.99. The van der Waals surface area contributed by atoms with Crippen molar-refractivity contribution in [3.8, 4) is 0 Å². The van der Waals surface area contributed by atoms with Crippen molar-refractivity contribution < 1.29 is 4.48 Å².